The Labute approximate surface area is 126 Å². The van der Waals surface area contributed by atoms with Crippen molar-refractivity contribution >= 4 is 29.3 Å². The zero-order valence-electron chi connectivity index (χ0n) is 10.8. The van der Waals surface area contributed by atoms with E-state index in [1.165, 1.54) is 0 Å². The van der Waals surface area contributed by atoms with Crippen LogP contribution in [0.5, 0.6) is 5.75 Å². The number of carbonyl (C=O) groups is 1. The molecule has 2 aromatic rings. The number of aromatic carboxylic acids is 1. The van der Waals surface area contributed by atoms with Crippen LogP contribution in [-0.2, 0) is 5.75 Å². The summed E-state index contributed by atoms with van der Waals surface area (Å²) in [5, 5.41) is 9.29. The SMILES string of the molecule is COc1ccccc1CSc1ccc(Cl)c(C(=O)O)c1. The van der Waals surface area contributed by atoms with E-state index in [0.29, 0.717) is 5.75 Å². The number of rotatable bonds is 5. The van der Waals surface area contributed by atoms with E-state index in [1.54, 1.807) is 31.0 Å². The largest absolute Gasteiger partial charge is 0.496 e. The molecule has 104 valence electrons. The fraction of sp³-hybridized carbons (Fsp3) is 0.133. The summed E-state index contributed by atoms with van der Waals surface area (Å²) in [6.07, 6.45) is 0. The van der Waals surface area contributed by atoms with Gasteiger partial charge in [0.2, 0.25) is 0 Å². The van der Waals surface area contributed by atoms with Crippen LogP contribution in [0.15, 0.2) is 47.4 Å². The first-order chi connectivity index (χ1) is 9.61. The predicted octanol–water partition coefficient (Wildman–Crippen LogP) is 4.34. The zero-order valence-corrected chi connectivity index (χ0v) is 12.4. The Balaban J connectivity index is 2.15. The molecule has 0 radical (unpaired) electrons. The normalized spacial score (nSPS) is 10.3. The molecule has 3 nitrogen and oxygen atoms in total. The van der Waals surface area contributed by atoms with Gasteiger partial charge in [-0.2, -0.15) is 0 Å². The lowest BCUT2D eigenvalue weighted by molar-refractivity contribution is 0.0697. The van der Waals surface area contributed by atoms with Gasteiger partial charge in [0, 0.05) is 16.2 Å². The van der Waals surface area contributed by atoms with Gasteiger partial charge in [0.05, 0.1) is 17.7 Å². The van der Waals surface area contributed by atoms with Crippen molar-refractivity contribution in [2.24, 2.45) is 0 Å². The molecule has 0 fully saturated rings. The van der Waals surface area contributed by atoms with E-state index in [1.807, 2.05) is 30.3 Å². The Bertz CT molecular complexity index is 628. The van der Waals surface area contributed by atoms with Gasteiger partial charge in [0.15, 0.2) is 0 Å². The van der Waals surface area contributed by atoms with Crippen LogP contribution in [0.1, 0.15) is 15.9 Å². The Kier molecular flexibility index (Phi) is 4.93. The molecule has 0 amide bonds. The van der Waals surface area contributed by atoms with Crippen LogP contribution in [0.2, 0.25) is 5.02 Å². The topological polar surface area (TPSA) is 46.5 Å². The van der Waals surface area contributed by atoms with Crippen LogP contribution in [0.3, 0.4) is 0 Å². The standard InChI is InChI=1S/C15H13ClO3S/c1-19-14-5-3-2-4-10(14)9-20-11-6-7-13(16)12(8-11)15(17)18/h2-8H,9H2,1H3,(H,17,18). The summed E-state index contributed by atoms with van der Waals surface area (Å²) in [7, 11) is 1.63. The number of hydrogen-bond donors (Lipinski definition) is 1. The quantitative estimate of drug-likeness (QED) is 0.835. The molecule has 0 unspecified atom stereocenters. The third-order valence-corrected chi connectivity index (χ3v) is 4.13. The van der Waals surface area contributed by atoms with Crippen molar-refractivity contribution in [2.45, 2.75) is 10.6 Å². The van der Waals surface area contributed by atoms with E-state index in [4.69, 9.17) is 21.4 Å². The maximum Gasteiger partial charge on any atom is 0.337 e. The van der Waals surface area contributed by atoms with E-state index in [-0.39, 0.29) is 10.6 Å². The molecule has 0 aliphatic heterocycles. The van der Waals surface area contributed by atoms with E-state index in [0.717, 1.165) is 16.2 Å². The summed E-state index contributed by atoms with van der Waals surface area (Å²) in [6.45, 7) is 0. The Morgan fingerprint density at radius 2 is 2.05 bits per heavy atom. The minimum Gasteiger partial charge on any atom is -0.496 e. The molecule has 0 heterocycles. The molecular weight excluding hydrogens is 296 g/mol. The average Bonchev–Trinajstić information content (AvgIpc) is 2.46. The summed E-state index contributed by atoms with van der Waals surface area (Å²) in [4.78, 5) is 11.9. The van der Waals surface area contributed by atoms with Crippen LogP contribution >= 0.6 is 23.4 Å². The first kappa shape index (κ1) is 14.8. The second kappa shape index (κ2) is 6.68. The highest BCUT2D eigenvalue weighted by atomic mass is 35.5. The minimum atomic E-state index is -1.02. The lowest BCUT2D eigenvalue weighted by atomic mass is 10.2. The number of ether oxygens (including phenoxy) is 1. The second-order valence-electron chi connectivity index (χ2n) is 4.05. The highest BCUT2D eigenvalue weighted by Gasteiger charge is 2.10. The van der Waals surface area contributed by atoms with Gasteiger partial charge < -0.3 is 9.84 Å². The number of thioether (sulfide) groups is 1. The van der Waals surface area contributed by atoms with Crippen LogP contribution < -0.4 is 4.74 Å². The van der Waals surface area contributed by atoms with Crippen LogP contribution in [0.4, 0.5) is 0 Å². The monoisotopic (exact) mass is 308 g/mol. The molecule has 1 N–H and O–H groups in total. The van der Waals surface area contributed by atoms with Gasteiger partial charge in [-0.3, -0.25) is 0 Å². The molecule has 0 atom stereocenters. The predicted molar refractivity (Wildman–Crippen MR) is 81.0 cm³/mol. The summed E-state index contributed by atoms with van der Waals surface area (Å²) in [6, 6.07) is 12.8. The molecular formula is C15H13ClO3S. The van der Waals surface area contributed by atoms with Crippen LogP contribution in [-0.4, -0.2) is 18.2 Å². The highest BCUT2D eigenvalue weighted by molar-refractivity contribution is 7.98. The smallest absolute Gasteiger partial charge is 0.337 e. The Morgan fingerprint density at radius 1 is 1.30 bits per heavy atom. The van der Waals surface area contributed by atoms with Crippen molar-refractivity contribution in [3.63, 3.8) is 0 Å². The van der Waals surface area contributed by atoms with Gasteiger partial charge in [-0.05, 0) is 24.3 Å². The third kappa shape index (κ3) is 3.46. The lowest BCUT2D eigenvalue weighted by Gasteiger charge is -2.08. The van der Waals surface area contributed by atoms with Gasteiger partial charge in [-0.15, -0.1) is 11.8 Å². The zero-order chi connectivity index (χ0) is 14.5. The molecule has 0 aliphatic carbocycles. The molecule has 20 heavy (non-hydrogen) atoms. The maximum absolute atomic E-state index is 11.0. The van der Waals surface area contributed by atoms with E-state index in [2.05, 4.69) is 0 Å². The van der Waals surface area contributed by atoms with E-state index in [9.17, 15) is 4.79 Å². The number of hydrogen-bond acceptors (Lipinski definition) is 3. The highest BCUT2D eigenvalue weighted by Crippen LogP contribution is 2.30. The number of para-hydroxylation sites is 1. The number of methoxy groups -OCH3 is 1. The number of benzene rings is 2. The van der Waals surface area contributed by atoms with Crippen molar-refractivity contribution in [1.82, 2.24) is 0 Å². The lowest BCUT2D eigenvalue weighted by Crippen LogP contribution is -1.97. The van der Waals surface area contributed by atoms with Crippen molar-refractivity contribution in [2.75, 3.05) is 7.11 Å². The fourth-order valence-corrected chi connectivity index (χ4v) is 2.87. The summed E-state index contributed by atoms with van der Waals surface area (Å²) >= 11 is 7.39. The van der Waals surface area contributed by atoms with Gasteiger partial charge in [0.25, 0.3) is 0 Å². The molecule has 0 aromatic heterocycles. The molecule has 2 aromatic carbocycles. The van der Waals surface area contributed by atoms with Gasteiger partial charge in [0.1, 0.15) is 5.75 Å². The Hall–Kier alpha value is -1.65. The molecule has 0 saturated heterocycles. The first-order valence-corrected chi connectivity index (χ1v) is 7.25. The first-order valence-electron chi connectivity index (χ1n) is 5.89. The average molecular weight is 309 g/mol. The Morgan fingerprint density at radius 3 is 2.75 bits per heavy atom. The summed E-state index contributed by atoms with van der Waals surface area (Å²) in [5.41, 5.74) is 1.18. The van der Waals surface area contributed by atoms with Gasteiger partial charge in [-0.25, -0.2) is 4.79 Å². The third-order valence-electron chi connectivity index (χ3n) is 2.76. The maximum atomic E-state index is 11.0. The van der Waals surface area contributed by atoms with Gasteiger partial charge >= 0.3 is 5.97 Å². The van der Waals surface area contributed by atoms with Crippen molar-refractivity contribution in [1.29, 1.82) is 0 Å². The number of carboxylic acids is 1. The molecule has 0 bridgehead atoms. The molecule has 2 rings (SSSR count). The van der Waals surface area contributed by atoms with Gasteiger partial charge in [-0.1, -0.05) is 29.8 Å². The molecule has 0 spiro atoms. The molecule has 0 saturated carbocycles. The number of halogens is 1. The minimum absolute atomic E-state index is 0.122. The second-order valence-corrected chi connectivity index (χ2v) is 5.50. The summed E-state index contributed by atoms with van der Waals surface area (Å²) < 4.78 is 5.29. The van der Waals surface area contributed by atoms with Crippen molar-refractivity contribution in [3.8, 4) is 5.75 Å². The van der Waals surface area contributed by atoms with Crippen LogP contribution in [0.25, 0.3) is 0 Å². The summed E-state index contributed by atoms with van der Waals surface area (Å²) in [5.74, 6) is 0.507. The molecule has 0 aliphatic rings. The fourth-order valence-electron chi connectivity index (χ4n) is 1.74. The number of carboxylic acid groups (broad SMARTS) is 1. The van der Waals surface area contributed by atoms with Crippen molar-refractivity contribution < 1.29 is 14.6 Å². The molecule has 5 heteroatoms. The van der Waals surface area contributed by atoms with E-state index >= 15 is 0 Å². The van der Waals surface area contributed by atoms with Crippen molar-refractivity contribution in [3.05, 3.63) is 58.6 Å². The van der Waals surface area contributed by atoms with Crippen LogP contribution in [0, 0.1) is 0 Å². The van der Waals surface area contributed by atoms with E-state index < -0.39 is 5.97 Å².